The third-order valence-electron chi connectivity index (χ3n) is 2.60. The molecule has 0 aromatic heterocycles. The molecule has 76 valence electrons. The van der Waals surface area contributed by atoms with Crippen molar-refractivity contribution in [3.05, 3.63) is 28.3 Å². The van der Waals surface area contributed by atoms with Crippen molar-refractivity contribution in [1.29, 1.82) is 0 Å². The second kappa shape index (κ2) is 4.03. The Bertz CT molecular complexity index is 351. The van der Waals surface area contributed by atoms with E-state index >= 15 is 0 Å². The zero-order valence-corrected chi connectivity index (χ0v) is 9.74. The summed E-state index contributed by atoms with van der Waals surface area (Å²) in [5, 5.41) is 1.10. The molecule has 1 aliphatic rings. The molecule has 1 aliphatic heterocycles. The number of fused-ring (bicyclic) bond motifs is 1. The van der Waals surface area contributed by atoms with E-state index in [4.69, 9.17) is 16.3 Å². The standard InChI is InChI=1S/C11H13ClOS/c1-2-7-8(12)3-4-9-11(7)10(14)5-6-13-9/h3-4,10,14H,2,5-6H2,1H3. The average molecular weight is 229 g/mol. The second-order valence-corrected chi connectivity index (χ2v) is 4.47. The van der Waals surface area contributed by atoms with Crippen molar-refractivity contribution in [1.82, 2.24) is 0 Å². The number of ether oxygens (including phenoxy) is 1. The van der Waals surface area contributed by atoms with E-state index in [2.05, 4.69) is 19.6 Å². The van der Waals surface area contributed by atoms with Gasteiger partial charge < -0.3 is 4.74 Å². The van der Waals surface area contributed by atoms with Crippen LogP contribution in [0.4, 0.5) is 0 Å². The molecule has 0 aliphatic carbocycles. The minimum Gasteiger partial charge on any atom is -0.493 e. The first-order valence-electron chi connectivity index (χ1n) is 4.86. The second-order valence-electron chi connectivity index (χ2n) is 3.44. The van der Waals surface area contributed by atoms with Gasteiger partial charge in [0.1, 0.15) is 5.75 Å². The summed E-state index contributed by atoms with van der Waals surface area (Å²) in [6.07, 6.45) is 1.89. The number of hydrogen-bond acceptors (Lipinski definition) is 2. The van der Waals surface area contributed by atoms with Gasteiger partial charge >= 0.3 is 0 Å². The molecule has 0 fully saturated rings. The van der Waals surface area contributed by atoms with Crippen molar-refractivity contribution in [2.24, 2.45) is 0 Å². The smallest absolute Gasteiger partial charge is 0.123 e. The lowest BCUT2D eigenvalue weighted by atomic mass is 9.98. The van der Waals surface area contributed by atoms with E-state index in [0.717, 1.165) is 30.2 Å². The van der Waals surface area contributed by atoms with Crippen LogP contribution in [0.5, 0.6) is 5.75 Å². The van der Waals surface area contributed by atoms with E-state index in [-0.39, 0.29) is 5.25 Å². The van der Waals surface area contributed by atoms with Gasteiger partial charge in [-0.05, 0) is 30.5 Å². The molecule has 1 nitrogen and oxygen atoms in total. The third kappa shape index (κ3) is 1.61. The van der Waals surface area contributed by atoms with E-state index < -0.39 is 0 Å². The molecule has 0 bridgehead atoms. The zero-order chi connectivity index (χ0) is 10.1. The van der Waals surface area contributed by atoms with Crippen LogP contribution in [-0.2, 0) is 6.42 Å². The molecule has 3 heteroatoms. The fourth-order valence-electron chi connectivity index (χ4n) is 1.89. The van der Waals surface area contributed by atoms with Gasteiger partial charge in [0.15, 0.2) is 0 Å². The van der Waals surface area contributed by atoms with Crippen LogP contribution in [-0.4, -0.2) is 6.61 Å². The largest absolute Gasteiger partial charge is 0.493 e. The molecule has 14 heavy (non-hydrogen) atoms. The maximum Gasteiger partial charge on any atom is 0.123 e. The Morgan fingerprint density at radius 2 is 2.36 bits per heavy atom. The highest BCUT2D eigenvalue weighted by molar-refractivity contribution is 7.80. The third-order valence-corrected chi connectivity index (χ3v) is 3.47. The van der Waals surface area contributed by atoms with Crippen molar-refractivity contribution in [2.75, 3.05) is 6.61 Å². The van der Waals surface area contributed by atoms with Gasteiger partial charge in [-0.1, -0.05) is 18.5 Å². The Balaban J connectivity index is 2.57. The van der Waals surface area contributed by atoms with Gasteiger partial charge in [0.05, 0.1) is 6.61 Å². The van der Waals surface area contributed by atoms with Crippen molar-refractivity contribution in [3.8, 4) is 5.75 Å². The fourth-order valence-corrected chi connectivity index (χ4v) is 2.58. The topological polar surface area (TPSA) is 9.23 Å². The lowest BCUT2D eigenvalue weighted by molar-refractivity contribution is 0.286. The van der Waals surface area contributed by atoms with Crippen molar-refractivity contribution < 1.29 is 4.74 Å². The zero-order valence-electron chi connectivity index (χ0n) is 8.09. The highest BCUT2D eigenvalue weighted by Gasteiger charge is 2.22. The summed E-state index contributed by atoms with van der Waals surface area (Å²) in [6, 6.07) is 3.85. The predicted octanol–water partition coefficient (Wildman–Crippen LogP) is 3.66. The first-order chi connectivity index (χ1) is 6.74. The van der Waals surface area contributed by atoms with E-state index in [1.165, 1.54) is 11.1 Å². The maximum absolute atomic E-state index is 6.14. The Morgan fingerprint density at radius 1 is 1.57 bits per heavy atom. The number of thiol groups is 1. The molecular weight excluding hydrogens is 216 g/mol. The monoisotopic (exact) mass is 228 g/mol. The average Bonchev–Trinajstić information content (AvgIpc) is 2.19. The molecular formula is C11H13ClOS. The first kappa shape index (κ1) is 10.2. The van der Waals surface area contributed by atoms with Crippen molar-refractivity contribution >= 4 is 24.2 Å². The molecule has 0 saturated carbocycles. The van der Waals surface area contributed by atoms with Gasteiger partial charge in [0.25, 0.3) is 0 Å². The summed E-state index contributed by atoms with van der Waals surface area (Å²) < 4.78 is 5.58. The van der Waals surface area contributed by atoms with Crippen LogP contribution in [0.15, 0.2) is 12.1 Å². The molecule has 0 radical (unpaired) electrons. The van der Waals surface area contributed by atoms with Gasteiger partial charge in [-0.3, -0.25) is 0 Å². The van der Waals surface area contributed by atoms with E-state index in [9.17, 15) is 0 Å². The normalized spacial score (nSPS) is 20.1. The number of rotatable bonds is 1. The Kier molecular flexibility index (Phi) is 2.93. The van der Waals surface area contributed by atoms with Crippen molar-refractivity contribution in [2.45, 2.75) is 25.0 Å². The molecule has 0 amide bonds. The highest BCUT2D eigenvalue weighted by atomic mass is 35.5. The molecule has 1 heterocycles. The van der Waals surface area contributed by atoms with Gasteiger partial charge in [-0.2, -0.15) is 12.6 Å². The Morgan fingerprint density at radius 3 is 3.07 bits per heavy atom. The summed E-state index contributed by atoms with van der Waals surface area (Å²) in [5.74, 6) is 0.956. The SMILES string of the molecule is CCc1c(Cl)ccc2c1C(S)CCO2. The highest BCUT2D eigenvalue weighted by Crippen LogP contribution is 2.41. The first-order valence-corrected chi connectivity index (χ1v) is 5.75. The van der Waals surface area contributed by atoms with Gasteiger partial charge in [0, 0.05) is 15.8 Å². The number of hydrogen-bond donors (Lipinski definition) is 1. The Labute approximate surface area is 94.8 Å². The fraction of sp³-hybridized carbons (Fsp3) is 0.455. The molecule has 1 aromatic carbocycles. The van der Waals surface area contributed by atoms with Crippen LogP contribution in [0, 0.1) is 0 Å². The molecule has 1 aromatic rings. The van der Waals surface area contributed by atoms with Crippen LogP contribution >= 0.6 is 24.2 Å². The minimum absolute atomic E-state index is 0.271. The Hall–Kier alpha value is -0.340. The molecule has 0 saturated heterocycles. The molecule has 1 unspecified atom stereocenters. The lowest BCUT2D eigenvalue weighted by Crippen LogP contribution is -2.13. The van der Waals surface area contributed by atoms with Crippen LogP contribution in [0.3, 0.4) is 0 Å². The summed E-state index contributed by atoms with van der Waals surface area (Å²) in [5.41, 5.74) is 2.37. The molecule has 0 spiro atoms. The molecule has 0 N–H and O–H groups in total. The molecule has 2 rings (SSSR count). The van der Waals surface area contributed by atoms with Crippen LogP contribution < -0.4 is 4.74 Å². The van der Waals surface area contributed by atoms with E-state index in [1.54, 1.807) is 0 Å². The number of benzene rings is 1. The van der Waals surface area contributed by atoms with E-state index in [0.29, 0.717) is 0 Å². The molecule has 1 atom stereocenters. The van der Waals surface area contributed by atoms with Gasteiger partial charge in [0.2, 0.25) is 0 Å². The predicted molar refractivity (Wildman–Crippen MR) is 62.7 cm³/mol. The van der Waals surface area contributed by atoms with Gasteiger partial charge in [-0.25, -0.2) is 0 Å². The lowest BCUT2D eigenvalue weighted by Gasteiger charge is -2.25. The van der Waals surface area contributed by atoms with Crippen LogP contribution in [0.25, 0.3) is 0 Å². The van der Waals surface area contributed by atoms with Gasteiger partial charge in [-0.15, -0.1) is 0 Å². The maximum atomic E-state index is 6.14. The summed E-state index contributed by atoms with van der Waals surface area (Å²) in [7, 11) is 0. The summed E-state index contributed by atoms with van der Waals surface area (Å²) in [6.45, 7) is 2.86. The van der Waals surface area contributed by atoms with Crippen molar-refractivity contribution in [3.63, 3.8) is 0 Å². The van der Waals surface area contributed by atoms with Crippen LogP contribution in [0.1, 0.15) is 29.7 Å². The summed E-state index contributed by atoms with van der Waals surface area (Å²) >= 11 is 10.7. The van der Waals surface area contributed by atoms with Crippen LogP contribution in [0.2, 0.25) is 5.02 Å². The minimum atomic E-state index is 0.271. The summed E-state index contributed by atoms with van der Waals surface area (Å²) in [4.78, 5) is 0. The van der Waals surface area contributed by atoms with E-state index in [1.807, 2.05) is 12.1 Å². The quantitative estimate of drug-likeness (QED) is 0.722. The number of halogens is 1.